The van der Waals surface area contributed by atoms with Crippen molar-refractivity contribution in [3.05, 3.63) is 28.2 Å². The first-order valence-electron chi connectivity index (χ1n) is 3.67. The summed E-state index contributed by atoms with van der Waals surface area (Å²) in [7, 11) is 0. The quantitative estimate of drug-likeness (QED) is 0.377. The van der Waals surface area contributed by atoms with E-state index in [9.17, 15) is 13.6 Å². The number of anilines is 1. The van der Waals surface area contributed by atoms with Gasteiger partial charge in [-0.3, -0.25) is 4.79 Å². The second-order valence-electron chi connectivity index (χ2n) is 2.48. The van der Waals surface area contributed by atoms with Crippen LogP contribution in [-0.4, -0.2) is 17.3 Å². The summed E-state index contributed by atoms with van der Waals surface area (Å²) in [5, 5.41) is 12.4. The molecule has 0 radical (unpaired) electrons. The van der Waals surface area contributed by atoms with Gasteiger partial charge in [0.05, 0.1) is 10.2 Å². The Morgan fingerprint density at radius 3 is 2.73 bits per heavy atom. The Balaban J connectivity index is 2.95. The van der Waals surface area contributed by atoms with E-state index in [4.69, 9.17) is 5.21 Å². The van der Waals surface area contributed by atoms with Crippen molar-refractivity contribution in [3.8, 4) is 0 Å². The molecule has 0 unspecified atom stereocenters. The van der Waals surface area contributed by atoms with Crippen LogP contribution in [0.25, 0.3) is 0 Å². The molecule has 0 fully saturated rings. The molecule has 7 heteroatoms. The van der Waals surface area contributed by atoms with Crippen molar-refractivity contribution in [2.75, 3.05) is 5.32 Å². The molecule has 0 atom stereocenters. The summed E-state index contributed by atoms with van der Waals surface area (Å²) in [4.78, 5) is 10.8. The fourth-order valence-corrected chi connectivity index (χ4v) is 1.15. The molecule has 0 spiro atoms. The monoisotopic (exact) mass is 278 g/mol. The maximum atomic E-state index is 13.1. The van der Waals surface area contributed by atoms with Crippen LogP contribution in [0.4, 0.5) is 14.5 Å². The minimum Gasteiger partial charge on any atom is -0.411 e. The van der Waals surface area contributed by atoms with E-state index in [1.807, 2.05) is 5.32 Å². The van der Waals surface area contributed by atoms with Gasteiger partial charge >= 0.3 is 0 Å². The molecule has 1 aromatic rings. The zero-order chi connectivity index (χ0) is 11.4. The number of rotatable bonds is 2. The van der Waals surface area contributed by atoms with Crippen molar-refractivity contribution in [1.82, 2.24) is 0 Å². The highest BCUT2D eigenvalue weighted by molar-refractivity contribution is 9.10. The second kappa shape index (κ2) is 4.83. The van der Waals surface area contributed by atoms with Crippen LogP contribution in [0.15, 0.2) is 21.8 Å². The standard InChI is InChI=1S/C8H5BrF2N2O2/c9-4-1-6(11)7(2-5(4)10)13-8(14)3-12-15/h1-3,15H,(H,13,14)/b12-3-. The Bertz CT molecular complexity index is 423. The van der Waals surface area contributed by atoms with Gasteiger partial charge in [-0.1, -0.05) is 5.16 Å². The Morgan fingerprint density at radius 2 is 2.13 bits per heavy atom. The molecule has 80 valence electrons. The van der Waals surface area contributed by atoms with Gasteiger partial charge in [-0.05, 0) is 22.0 Å². The first-order valence-corrected chi connectivity index (χ1v) is 4.47. The van der Waals surface area contributed by atoms with Crippen molar-refractivity contribution in [3.63, 3.8) is 0 Å². The molecule has 0 aliphatic rings. The number of hydrogen-bond acceptors (Lipinski definition) is 3. The van der Waals surface area contributed by atoms with Crippen molar-refractivity contribution < 1.29 is 18.8 Å². The Kier molecular flexibility index (Phi) is 3.73. The first-order chi connectivity index (χ1) is 7.04. The summed E-state index contributed by atoms with van der Waals surface area (Å²) >= 11 is 2.78. The number of nitrogens with one attached hydrogen (secondary N) is 1. The highest BCUT2D eigenvalue weighted by Gasteiger charge is 2.09. The second-order valence-corrected chi connectivity index (χ2v) is 3.33. The molecule has 1 rings (SSSR count). The average molecular weight is 279 g/mol. The van der Waals surface area contributed by atoms with Crippen molar-refractivity contribution in [2.24, 2.45) is 5.16 Å². The summed E-state index contributed by atoms with van der Waals surface area (Å²) in [6, 6.07) is 1.68. The van der Waals surface area contributed by atoms with E-state index >= 15 is 0 Å². The molecule has 0 aliphatic heterocycles. The molecule has 4 nitrogen and oxygen atoms in total. The Morgan fingerprint density at radius 1 is 1.47 bits per heavy atom. The number of carbonyl (C=O) groups excluding carboxylic acids is 1. The van der Waals surface area contributed by atoms with Gasteiger partial charge in [-0.15, -0.1) is 0 Å². The van der Waals surface area contributed by atoms with E-state index < -0.39 is 17.5 Å². The molecule has 0 saturated carbocycles. The zero-order valence-corrected chi connectivity index (χ0v) is 8.75. The highest BCUT2D eigenvalue weighted by Crippen LogP contribution is 2.23. The van der Waals surface area contributed by atoms with Crippen LogP contribution in [0.1, 0.15) is 0 Å². The van der Waals surface area contributed by atoms with E-state index in [1.54, 1.807) is 0 Å². The van der Waals surface area contributed by atoms with E-state index in [0.29, 0.717) is 6.21 Å². The van der Waals surface area contributed by atoms with Gasteiger partial charge in [0.15, 0.2) is 0 Å². The van der Waals surface area contributed by atoms with E-state index in [1.165, 1.54) is 0 Å². The maximum Gasteiger partial charge on any atom is 0.270 e. The fraction of sp³-hybridized carbons (Fsp3) is 0. The lowest BCUT2D eigenvalue weighted by Crippen LogP contribution is -2.13. The van der Waals surface area contributed by atoms with Gasteiger partial charge in [-0.25, -0.2) is 8.78 Å². The third kappa shape index (κ3) is 2.98. The van der Waals surface area contributed by atoms with Crippen LogP contribution in [-0.2, 0) is 4.79 Å². The van der Waals surface area contributed by atoms with Gasteiger partial charge in [-0.2, -0.15) is 0 Å². The zero-order valence-electron chi connectivity index (χ0n) is 7.17. The van der Waals surface area contributed by atoms with Crippen molar-refractivity contribution in [1.29, 1.82) is 0 Å². The van der Waals surface area contributed by atoms with Crippen LogP contribution in [0, 0.1) is 11.6 Å². The number of oxime groups is 1. The molecule has 0 aromatic heterocycles. The summed E-state index contributed by atoms with van der Waals surface area (Å²) in [6.07, 6.45) is 0.527. The van der Waals surface area contributed by atoms with Crippen LogP contribution in [0.3, 0.4) is 0 Å². The number of hydrogen-bond donors (Lipinski definition) is 2. The minimum atomic E-state index is -0.863. The van der Waals surface area contributed by atoms with Gasteiger partial charge in [0.2, 0.25) is 0 Å². The van der Waals surface area contributed by atoms with Crippen LogP contribution >= 0.6 is 15.9 Å². The van der Waals surface area contributed by atoms with Gasteiger partial charge in [0.1, 0.15) is 17.8 Å². The van der Waals surface area contributed by atoms with Crippen LogP contribution in [0.5, 0.6) is 0 Å². The lowest BCUT2D eigenvalue weighted by Gasteiger charge is -2.04. The predicted octanol–water partition coefficient (Wildman–Crippen LogP) is 2.13. The Hall–Kier alpha value is -1.50. The summed E-state index contributed by atoms with van der Waals surface area (Å²) in [5.41, 5.74) is -0.333. The fourth-order valence-electron chi connectivity index (χ4n) is 0.836. The summed E-state index contributed by atoms with van der Waals surface area (Å²) in [6.45, 7) is 0. The molecule has 0 heterocycles. The van der Waals surface area contributed by atoms with E-state index in [0.717, 1.165) is 12.1 Å². The van der Waals surface area contributed by atoms with E-state index in [-0.39, 0.29) is 10.2 Å². The largest absolute Gasteiger partial charge is 0.411 e. The number of nitrogens with zero attached hydrogens (tertiary/aromatic N) is 1. The topological polar surface area (TPSA) is 61.7 Å². The predicted molar refractivity (Wildman–Crippen MR) is 53.0 cm³/mol. The normalized spacial score (nSPS) is 10.6. The SMILES string of the molecule is O=C(/C=N\O)Nc1cc(F)c(Br)cc1F. The number of benzene rings is 1. The third-order valence-electron chi connectivity index (χ3n) is 1.44. The molecular formula is C8H5BrF2N2O2. The molecule has 1 amide bonds. The molecule has 2 N–H and O–H groups in total. The van der Waals surface area contributed by atoms with Crippen molar-refractivity contribution >= 4 is 33.7 Å². The van der Waals surface area contributed by atoms with Crippen LogP contribution < -0.4 is 5.32 Å². The minimum absolute atomic E-state index is 0.0474. The van der Waals surface area contributed by atoms with Crippen molar-refractivity contribution in [2.45, 2.75) is 0 Å². The van der Waals surface area contributed by atoms with Gasteiger partial charge in [0.25, 0.3) is 5.91 Å². The Labute approximate surface area is 91.7 Å². The lowest BCUT2D eigenvalue weighted by molar-refractivity contribution is -0.110. The molecule has 1 aromatic carbocycles. The number of amides is 1. The third-order valence-corrected chi connectivity index (χ3v) is 2.05. The van der Waals surface area contributed by atoms with Crippen LogP contribution in [0.2, 0.25) is 0 Å². The maximum absolute atomic E-state index is 13.1. The molecular weight excluding hydrogens is 274 g/mol. The first kappa shape index (κ1) is 11.6. The molecule has 0 saturated heterocycles. The summed E-state index contributed by atoms with van der Waals surface area (Å²) < 4.78 is 26.0. The lowest BCUT2D eigenvalue weighted by atomic mass is 10.3. The molecule has 0 bridgehead atoms. The summed E-state index contributed by atoms with van der Waals surface area (Å²) in [5.74, 6) is -2.38. The smallest absolute Gasteiger partial charge is 0.270 e. The highest BCUT2D eigenvalue weighted by atomic mass is 79.9. The van der Waals surface area contributed by atoms with Gasteiger partial charge in [0, 0.05) is 6.07 Å². The molecule has 0 aliphatic carbocycles. The van der Waals surface area contributed by atoms with Gasteiger partial charge < -0.3 is 10.5 Å². The molecule has 15 heavy (non-hydrogen) atoms. The van der Waals surface area contributed by atoms with E-state index in [2.05, 4.69) is 21.1 Å². The average Bonchev–Trinajstić information content (AvgIpc) is 2.14. The number of halogens is 3. The number of carbonyl (C=O) groups is 1.